The molecule has 0 aromatic carbocycles. The van der Waals surface area contributed by atoms with E-state index in [-0.39, 0.29) is 11.9 Å². The number of anilines is 1. The van der Waals surface area contributed by atoms with Gasteiger partial charge in [0.05, 0.1) is 6.20 Å². The van der Waals surface area contributed by atoms with Crippen molar-refractivity contribution in [2.24, 2.45) is 0 Å². The summed E-state index contributed by atoms with van der Waals surface area (Å²) in [5.74, 6) is 0.772. The summed E-state index contributed by atoms with van der Waals surface area (Å²) in [5, 5.41) is 13.7. The third-order valence-corrected chi connectivity index (χ3v) is 2.47. The molecule has 94 valence electrons. The molecule has 5 nitrogen and oxygen atoms in total. The molecule has 2 N–H and O–H groups in total. The molecule has 1 unspecified atom stereocenters. The van der Waals surface area contributed by atoms with Crippen molar-refractivity contribution >= 4 is 11.7 Å². The molecule has 17 heavy (non-hydrogen) atoms. The first-order chi connectivity index (χ1) is 8.11. The van der Waals surface area contributed by atoms with E-state index in [1.165, 1.54) is 0 Å². The Bertz CT molecular complexity index is 367. The van der Waals surface area contributed by atoms with Gasteiger partial charge in [0.2, 0.25) is 5.91 Å². The van der Waals surface area contributed by atoms with Crippen LogP contribution in [0.4, 0.5) is 5.82 Å². The first-order valence-electron chi connectivity index (χ1n) is 5.94. The molecule has 0 aliphatic rings. The van der Waals surface area contributed by atoms with E-state index in [0.717, 1.165) is 12.0 Å². The van der Waals surface area contributed by atoms with Gasteiger partial charge in [-0.15, -0.1) is 5.10 Å². The van der Waals surface area contributed by atoms with E-state index in [1.54, 1.807) is 6.20 Å². The maximum absolute atomic E-state index is 11.5. The van der Waals surface area contributed by atoms with Crippen molar-refractivity contribution in [3.05, 3.63) is 17.8 Å². The second-order valence-corrected chi connectivity index (χ2v) is 4.17. The van der Waals surface area contributed by atoms with Crippen LogP contribution >= 0.6 is 0 Å². The van der Waals surface area contributed by atoms with Crippen molar-refractivity contribution in [1.82, 2.24) is 15.5 Å². The zero-order chi connectivity index (χ0) is 12.7. The number of carbonyl (C=O) groups is 1. The highest BCUT2D eigenvalue weighted by molar-refractivity contribution is 5.76. The second-order valence-electron chi connectivity index (χ2n) is 4.17. The number of nitrogens with one attached hydrogen (secondary N) is 2. The Morgan fingerprint density at radius 1 is 1.53 bits per heavy atom. The lowest BCUT2D eigenvalue weighted by Crippen LogP contribution is -2.33. The Hall–Kier alpha value is -1.65. The normalized spacial score (nSPS) is 11.9. The average molecular weight is 236 g/mol. The molecule has 1 heterocycles. The molecule has 0 saturated carbocycles. The lowest BCUT2D eigenvalue weighted by atomic mass is 10.2. The monoisotopic (exact) mass is 236 g/mol. The second kappa shape index (κ2) is 6.83. The molecule has 0 fully saturated rings. The molecule has 0 spiro atoms. The van der Waals surface area contributed by atoms with Crippen LogP contribution < -0.4 is 10.6 Å². The van der Waals surface area contributed by atoms with Crippen LogP contribution in [0.5, 0.6) is 0 Å². The number of aryl methyl sites for hydroxylation is 1. The first-order valence-corrected chi connectivity index (χ1v) is 5.94. The zero-order valence-electron chi connectivity index (χ0n) is 10.7. The van der Waals surface area contributed by atoms with Crippen LogP contribution in [0.3, 0.4) is 0 Å². The van der Waals surface area contributed by atoms with Gasteiger partial charge in [0.25, 0.3) is 0 Å². The van der Waals surface area contributed by atoms with Crippen LogP contribution in [0, 0.1) is 6.92 Å². The first kappa shape index (κ1) is 13.4. The predicted octanol–water partition coefficient (Wildman–Crippen LogP) is 1.50. The van der Waals surface area contributed by atoms with Crippen LogP contribution in [-0.2, 0) is 4.79 Å². The fourth-order valence-electron chi connectivity index (χ4n) is 1.30. The van der Waals surface area contributed by atoms with E-state index in [0.29, 0.717) is 18.8 Å². The van der Waals surface area contributed by atoms with Crippen molar-refractivity contribution in [1.29, 1.82) is 0 Å². The number of hydrogen-bond donors (Lipinski definition) is 2. The molecule has 0 bridgehead atoms. The number of aromatic nitrogens is 2. The third-order valence-electron chi connectivity index (χ3n) is 2.47. The minimum atomic E-state index is 0.0625. The number of amides is 1. The fourth-order valence-corrected chi connectivity index (χ4v) is 1.30. The van der Waals surface area contributed by atoms with Gasteiger partial charge in [-0.05, 0) is 31.9 Å². The van der Waals surface area contributed by atoms with Gasteiger partial charge in [0.15, 0.2) is 0 Å². The van der Waals surface area contributed by atoms with Crippen LogP contribution in [0.1, 0.15) is 32.3 Å². The molecule has 1 aromatic heterocycles. The molecular weight excluding hydrogens is 216 g/mol. The highest BCUT2D eigenvalue weighted by Crippen LogP contribution is 2.02. The predicted molar refractivity (Wildman–Crippen MR) is 67.8 cm³/mol. The van der Waals surface area contributed by atoms with Crippen molar-refractivity contribution < 1.29 is 4.79 Å². The summed E-state index contributed by atoms with van der Waals surface area (Å²) in [4.78, 5) is 11.5. The minimum Gasteiger partial charge on any atom is -0.368 e. The summed E-state index contributed by atoms with van der Waals surface area (Å²) in [6.45, 7) is 6.57. The molecular formula is C12H20N4O. The van der Waals surface area contributed by atoms with Crippen LogP contribution in [0.15, 0.2) is 12.3 Å². The molecule has 0 radical (unpaired) electrons. The smallest absolute Gasteiger partial charge is 0.221 e. The zero-order valence-corrected chi connectivity index (χ0v) is 10.7. The van der Waals surface area contributed by atoms with Gasteiger partial charge in [-0.3, -0.25) is 4.79 Å². The van der Waals surface area contributed by atoms with Crippen molar-refractivity contribution in [2.45, 2.75) is 39.7 Å². The largest absolute Gasteiger partial charge is 0.368 e. The molecule has 0 aliphatic carbocycles. The van der Waals surface area contributed by atoms with Crippen molar-refractivity contribution in [2.75, 3.05) is 11.9 Å². The minimum absolute atomic E-state index is 0.0625. The Balaban J connectivity index is 2.26. The summed E-state index contributed by atoms with van der Waals surface area (Å²) in [6, 6.07) is 2.14. The standard InChI is InChI=1S/C12H20N4O/c1-4-10(3)15-12(17)5-6-13-11-7-9(2)8-14-16-11/h7-8,10H,4-6H2,1-3H3,(H,13,16)(H,15,17). The average Bonchev–Trinajstić information content (AvgIpc) is 2.29. The number of carbonyl (C=O) groups excluding carboxylic acids is 1. The Morgan fingerprint density at radius 2 is 2.29 bits per heavy atom. The lowest BCUT2D eigenvalue weighted by Gasteiger charge is -2.11. The van der Waals surface area contributed by atoms with E-state index in [9.17, 15) is 4.79 Å². The van der Waals surface area contributed by atoms with Gasteiger partial charge in [-0.1, -0.05) is 6.92 Å². The van der Waals surface area contributed by atoms with Crippen molar-refractivity contribution in [3.8, 4) is 0 Å². The molecule has 1 rings (SSSR count). The summed E-state index contributed by atoms with van der Waals surface area (Å²) in [5.41, 5.74) is 1.05. The van der Waals surface area contributed by atoms with E-state index < -0.39 is 0 Å². The van der Waals surface area contributed by atoms with Crippen LogP contribution in [0.2, 0.25) is 0 Å². The summed E-state index contributed by atoms with van der Waals surface area (Å²) in [6.07, 6.45) is 3.09. The van der Waals surface area contributed by atoms with Crippen molar-refractivity contribution in [3.63, 3.8) is 0 Å². The molecule has 1 aromatic rings. The highest BCUT2D eigenvalue weighted by atomic mass is 16.1. The van der Waals surface area contributed by atoms with Gasteiger partial charge < -0.3 is 10.6 Å². The fraction of sp³-hybridized carbons (Fsp3) is 0.583. The summed E-state index contributed by atoms with van der Waals surface area (Å²) in [7, 11) is 0. The van der Waals surface area contributed by atoms with E-state index >= 15 is 0 Å². The molecule has 1 amide bonds. The Labute approximate surface area is 102 Å². The van der Waals surface area contributed by atoms with Crippen LogP contribution in [0.25, 0.3) is 0 Å². The number of hydrogen-bond acceptors (Lipinski definition) is 4. The maximum atomic E-state index is 11.5. The maximum Gasteiger partial charge on any atom is 0.221 e. The number of rotatable bonds is 6. The van der Waals surface area contributed by atoms with E-state index in [2.05, 4.69) is 20.8 Å². The number of nitrogens with zero attached hydrogens (tertiary/aromatic N) is 2. The summed E-state index contributed by atoms with van der Waals surface area (Å²) < 4.78 is 0. The van der Waals surface area contributed by atoms with E-state index in [4.69, 9.17) is 0 Å². The SMILES string of the molecule is CCC(C)NC(=O)CCNc1cc(C)cnn1. The van der Waals surface area contributed by atoms with Gasteiger partial charge in [0, 0.05) is 19.0 Å². The Morgan fingerprint density at radius 3 is 2.94 bits per heavy atom. The van der Waals surface area contributed by atoms with Gasteiger partial charge in [-0.2, -0.15) is 5.10 Å². The Kier molecular flexibility index (Phi) is 5.39. The molecule has 0 saturated heterocycles. The van der Waals surface area contributed by atoms with Crippen LogP contribution in [-0.4, -0.2) is 28.7 Å². The van der Waals surface area contributed by atoms with Gasteiger partial charge in [0.1, 0.15) is 5.82 Å². The highest BCUT2D eigenvalue weighted by Gasteiger charge is 2.04. The van der Waals surface area contributed by atoms with Gasteiger partial charge >= 0.3 is 0 Å². The topological polar surface area (TPSA) is 66.9 Å². The molecule has 5 heteroatoms. The molecule has 1 atom stereocenters. The van der Waals surface area contributed by atoms with Gasteiger partial charge in [-0.25, -0.2) is 0 Å². The quantitative estimate of drug-likeness (QED) is 0.785. The lowest BCUT2D eigenvalue weighted by molar-refractivity contribution is -0.121. The van der Waals surface area contributed by atoms with E-state index in [1.807, 2.05) is 26.8 Å². The third kappa shape index (κ3) is 5.29. The molecule has 0 aliphatic heterocycles. The summed E-state index contributed by atoms with van der Waals surface area (Å²) >= 11 is 0.